The lowest BCUT2D eigenvalue weighted by molar-refractivity contribution is -0.143. The predicted molar refractivity (Wildman–Crippen MR) is 99.5 cm³/mol. The summed E-state index contributed by atoms with van der Waals surface area (Å²) >= 11 is 3.15. The Balaban J connectivity index is 3.55. The van der Waals surface area contributed by atoms with Crippen molar-refractivity contribution in [3.05, 3.63) is 23.2 Å². The molecular formula is C20H23BrO2. The van der Waals surface area contributed by atoms with E-state index >= 15 is 0 Å². The molecule has 0 fully saturated rings. The van der Waals surface area contributed by atoms with E-state index in [2.05, 4.69) is 57.5 Å². The molecule has 0 rings (SSSR count). The fourth-order valence-electron chi connectivity index (χ4n) is 1.51. The number of rotatable bonds is 8. The molecule has 0 spiro atoms. The van der Waals surface area contributed by atoms with Crippen LogP contribution in [0.1, 0.15) is 51.9 Å². The molecule has 0 saturated heterocycles. The maximum Gasteiger partial charge on any atom is 0.305 e. The quantitative estimate of drug-likeness (QED) is 0.348. The van der Waals surface area contributed by atoms with Gasteiger partial charge in [-0.3, -0.25) is 4.79 Å². The first kappa shape index (κ1) is 21.1. The van der Waals surface area contributed by atoms with Crippen LogP contribution in [-0.4, -0.2) is 12.6 Å². The van der Waals surface area contributed by atoms with Crippen molar-refractivity contribution in [1.29, 1.82) is 0 Å². The minimum Gasteiger partial charge on any atom is -0.466 e. The van der Waals surface area contributed by atoms with Gasteiger partial charge in [0.2, 0.25) is 0 Å². The van der Waals surface area contributed by atoms with Crippen LogP contribution in [0.5, 0.6) is 0 Å². The average Bonchev–Trinajstić information content (AvgIpc) is 2.54. The molecular weight excluding hydrogens is 352 g/mol. The molecule has 0 amide bonds. The van der Waals surface area contributed by atoms with E-state index in [1.54, 1.807) is 18.0 Å². The van der Waals surface area contributed by atoms with Crippen LogP contribution in [-0.2, 0) is 9.53 Å². The molecule has 0 aliphatic carbocycles. The lowest BCUT2D eigenvalue weighted by Crippen LogP contribution is -2.02. The van der Waals surface area contributed by atoms with Crippen molar-refractivity contribution >= 4 is 21.9 Å². The van der Waals surface area contributed by atoms with Crippen LogP contribution in [0, 0.1) is 35.5 Å². The van der Waals surface area contributed by atoms with Gasteiger partial charge in [0.15, 0.2) is 0 Å². The molecule has 0 unspecified atom stereocenters. The Bertz CT molecular complexity index is 554. The molecule has 0 atom stereocenters. The van der Waals surface area contributed by atoms with Crippen LogP contribution in [0.15, 0.2) is 23.2 Å². The standard InChI is InChI=1S/C20H23BrO2/c1-2-23-20(22)18-16-14-12-10-8-6-4-3-5-7-9-11-13-15-17-19-21/h9,11,17,19H,2-5,7,14,16,18H2,1H3/b11-9+,19-17+. The number of esters is 1. The van der Waals surface area contributed by atoms with Gasteiger partial charge >= 0.3 is 5.97 Å². The second-order valence-electron chi connectivity index (χ2n) is 4.49. The maximum absolute atomic E-state index is 11.1. The molecule has 0 saturated carbocycles. The number of allylic oxidation sites excluding steroid dienone is 3. The summed E-state index contributed by atoms with van der Waals surface area (Å²) in [6, 6.07) is 0. The number of hydrogen-bond acceptors (Lipinski definition) is 2. The molecule has 0 aliphatic heterocycles. The molecule has 0 bridgehead atoms. The number of hydrogen-bond donors (Lipinski definition) is 0. The minimum atomic E-state index is -0.153. The monoisotopic (exact) mass is 374 g/mol. The van der Waals surface area contributed by atoms with Gasteiger partial charge in [-0.2, -0.15) is 0 Å². The molecule has 0 heterocycles. The second-order valence-corrected chi connectivity index (χ2v) is 5.02. The fourth-order valence-corrected chi connectivity index (χ4v) is 1.65. The van der Waals surface area contributed by atoms with Gasteiger partial charge in [0, 0.05) is 19.3 Å². The van der Waals surface area contributed by atoms with Crippen LogP contribution in [0.25, 0.3) is 0 Å². The van der Waals surface area contributed by atoms with Crippen molar-refractivity contribution in [3.8, 4) is 35.5 Å². The van der Waals surface area contributed by atoms with Crippen molar-refractivity contribution in [1.82, 2.24) is 0 Å². The zero-order valence-electron chi connectivity index (χ0n) is 13.7. The first-order valence-corrected chi connectivity index (χ1v) is 8.75. The fraction of sp³-hybridized carbons (Fsp3) is 0.450. The highest BCUT2D eigenvalue weighted by Gasteiger charge is 1.98. The summed E-state index contributed by atoms with van der Waals surface area (Å²) in [5, 5.41) is 0. The van der Waals surface area contributed by atoms with Gasteiger partial charge in [0.05, 0.1) is 6.61 Å². The lowest BCUT2D eigenvalue weighted by atomic mass is 10.2. The first-order valence-electron chi connectivity index (χ1n) is 7.84. The maximum atomic E-state index is 11.1. The van der Waals surface area contributed by atoms with E-state index in [-0.39, 0.29) is 5.97 Å². The highest BCUT2D eigenvalue weighted by molar-refractivity contribution is 9.11. The third-order valence-corrected chi connectivity index (χ3v) is 2.85. The molecule has 2 nitrogen and oxygen atoms in total. The third kappa shape index (κ3) is 18.1. The summed E-state index contributed by atoms with van der Waals surface area (Å²) in [6.07, 6.45) is 11.6. The van der Waals surface area contributed by atoms with Crippen LogP contribution in [0.3, 0.4) is 0 Å². The van der Waals surface area contributed by atoms with E-state index in [9.17, 15) is 4.79 Å². The predicted octanol–water partition coefficient (Wildman–Crippen LogP) is 4.76. The highest BCUT2D eigenvalue weighted by atomic mass is 79.9. The van der Waals surface area contributed by atoms with Gasteiger partial charge in [0.1, 0.15) is 0 Å². The number of unbranched alkanes of at least 4 members (excludes halogenated alkanes) is 4. The van der Waals surface area contributed by atoms with Gasteiger partial charge < -0.3 is 4.74 Å². The van der Waals surface area contributed by atoms with Crippen LogP contribution >= 0.6 is 15.9 Å². The Kier molecular flexibility index (Phi) is 16.7. The van der Waals surface area contributed by atoms with Crippen molar-refractivity contribution < 1.29 is 9.53 Å². The van der Waals surface area contributed by atoms with Crippen molar-refractivity contribution in [3.63, 3.8) is 0 Å². The number of halogens is 1. The van der Waals surface area contributed by atoms with E-state index in [0.717, 1.165) is 32.1 Å². The van der Waals surface area contributed by atoms with Gasteiger partial charge in [-0.1, -0.05) is 45.7 Å². The largest absolute Gasteiger partial charge is 0.466 e. The Morgan fingerprint density at radius 1 is 1.04 bits per heavy atom. The van der Waals surface area contributed by atoms with Crippen molar-refractivity contribution in [2.45, 2.75) is 51.9 Å². The SMILES string of the molecule is CCOC(=O)CCCC#CC#CCCCC/C=C/C#C/C=C/Br. The summed E-state index contributed by atoms with van der Waals surface area (Å²) in [5.74, 6) is 17.3. The van der Waals surface area contributed by atoms with E-state index in [0.29, 0.717) is 19.4 Å². The summed E-state index contributed by atoms with van der Waals surface area (Å²) in [4.78, 5) is 12.8. The number of ether oxygens (including phenoxy) is 1. The minimum absolute atomic E-state index is 0.153. The van der Waals surface area contributed by atoms with Gasteiger partial charge in [-0.05, 0) is 61.6 Å². The Morgan fingerprint density at radius 3 is 2.43 bits per heavy atom. The van der Waals surface area contributed by atoms with Crippen molar-refractivity contribution in [2.24, 2.45) is 0 Å². The molecule has 0 aromatic heterocycles. The average molecular weight is 375 g/mol. The van der Waals surface area contributed by atoms with E-state index < -0.39 is 0 Å². The Labute approximate surface area is 148 Å². The summed E-state index contributed by atoms with van der Waals surface area (Å²) in [6.45, 7) is 2.25. The first-order chi connectivity index (χ1) is 11.3. The smallest absolute Gasteiger partial charge is 0.305 e. The van der Waals surface area contributed by atoms with Gasteiger partial charge in [-0.25, -0.2) is 0 Å². The van der Waals surface area contributed by atoms with E-state index in [1.165, 1.54) is 0 Å². The van der Waals surface area contributed by atoms with Gasteiger partial charge in [0.25, 0.3) is 0 Å². The number of carbonyl (C=O) groups is 1. The van der Waals surface area contributed by atoms with Crippen molar-refractivity contribution in [2.75, 3.05) is 6.61 Å². The topological polar surface area (TPSA) is 26.3 Å². The van der Waals surface area contributed by atoms with Crippen LogP contribution in [0.2, 0.25) is 0 Å². The van der Waals surface area contributed by atoms with Gasteiger partial charge in [-0.15, -0.1) is 0 Å². The lowest BCUT2D eigenvalue weighted by Gasteiger charge is -1.97. The molecule has 0 aromatic carbocycles. The van der Waals surface area contributed by atoms with Crippen LogP contribution < -0.4 is 0 Å². The summed E-state index contributed by atoms with van der Waals surface area (Å²) in [5.41, 5.74) is 0. The van der Waals surface area contributed by atoms with Crippen LogP contribution in [0.4, 0.5) is 0 Å². The normalized spacial score (nSPS) is 9.48. The molecule has 0 aliphatic rings. The Hall–Kier alpha value is -1.89. The molecule has 0 radical (unpaired) electrons. The Morgan fingerprint density at radius 2 is 1.74 bits per heavy atom. The molecule has 0 aromatic rings. The zero-order valence-corrected chi connectivity index (χ0v) is 15.2. The zero-order chi connectivity index (χ0) is 17.0. The summed E-state index contributed by atoms with van der Waals surface area (Å²) < 4.78 is 4.83. The molecule has 23 heavy (non-hydrogen) atoms. The molecule has 3 heteroatoms. The van der Waals surface area contributed by atoms with E-state index in [1.807, 2.05) is 6.08 Å². The second kappa shape index (κ2) is 18.2. The third-order valence-electron chi connectivity index (χ3n) is 2.58. The summed E-state index contributed by atoms with van der Waals surface area (Å²) in [7, 11) is 0. The van der Waals surface area contributed by atoms with E-state index in [4.69, 9.17) is 4.74 Å². The molecule has 0 N–H and O–H groups in total. The molecule has 122 valence electrons. The number of carbonyl (C=O) groups excluding carboxylic acids is 1. The highest BCUT2D eigenvalue weighted by Crippen LogP contribution is 1.99.